The Labute approximate surface area is 108 Å². The van der Waals surface area contributed by atoms with Gasteiger partial charge in [0.25, 0.3) is 0 Å². The van der Waals surface area contributed by atoms with Gasteiger partial charge in [0.1, 0.15) is 5.75 Å². The van der Waals surface area contributed by atoms with E-state index in [1.807, 2.05) is 0 Å². The molecule has 1 unspecified atom stereocenters. The zero-order chi connectivity index (χ0) is 12.5. The number of hydrogen-bond acceptors (Lipinski definition) is 2. The van der Waals surface area contributed by atoms with Crippen molar-refractivity contribution in [2.24, 2.45) is 0 Å². The molecule has 3 nitrogen and oxygen atoms in total. The van der Waals surface area contributed by atoms with Crippen LogP contribution in [0.1, 0.15) is 24.0 Å². The van der Waals surface area contributed by atoms with Crippen molar-refractivity contribution < 1.29 is 4.74 Å². The number of hydrogen-bond donors (Lipinski definition) is 2. The van der Waals surface area contributed by atoms with Gasteiger partial charge in [0, 0.05) is 17.6 Å². The molecule has 2 aromatic rings. The third-order valence-electron chi connectivity index (χ3n) is 3.83. The highest BCUT2D eigenvalue weighted by Gasteiger charge is 2.17. The fraction of sp³-hybridized carbons (Fsp3) is 0.467. The lowest BCUT2D eigenvalue weighted by atomic mass is 10.0. The Morgan fingerprint density at radius 1 is 1.39 bits per heavy atom. The van der Waals surface area contributed by atoms with Crippen LogP contribution < -0.4 is 10.1 Å². The Kier molecular flexibility index (Phi) is 3.00. The summed E-state index contributed by atoms with van der Waals surface area (Å²) in [5.41, 5.74) is 3.77. The molecule has 1 aromatic carbocycles. The number of rotatable bonds is 3. The molecular formula is C15H20N2O. The first-order chi connectivity index (χ1) is 8.78. The molecule has 96 valence electrons. The summed E-state index contributed by atoms with van der Waals surface area (Å²) in [5, 5.41) is 4.86. The Hall–Kier alpha value is -1.48. The maximum absolute atomic E-state index is 5.44. The summed E-state index contributed by atoms with van der Waals surface area (Å²) < 4.78 is 5.44. The van der Waals surface area contributed by atoms with Gasteiger partial charge >= 0.3 is 0 Å². The molecule has 1 fully saturated rings. The Bertz CT molecular complexity index is 553. The van der Waals surface area contributed by atoms with Crippen molar-refractivity contribution in [2.75, 3.05) is 13.7 Å². The third-order valence-corrected chi connectivity index (χ3v) is 3.83. The molecule has 3 heteroatoms. The van der Waals surface area contributed by atoms with Crippen molar-refractivity contribution in [1.29, 1.82) is 0 Å². The molecule has 18 heavy (non-hydrogen) atoms. The topological polar surface area (TPSA) is 37.0 Å². The number of methoxy groups -OCH3 is 1. The van der Waals surface area contributed by atoms with Crippen molar-refractivity contribution in [1.82, 2.24) is 10.3 Å². The zero-order valence-corrected chi connectivity index (χ0v) is 11.0. The molecule has 2 heterocycles. The van der Waals surface area contributed by atoms with Crippen LogP contribution in [0.4, 0.5) is 0 Å². The summed E-state index contributed by atoms with van der Waals surface area (Å²) in [4.78, 5) is 3.36. The SMILES string of the molecule is COc1cc(C)cc2c(CC3CCCN3)c[nH]c12. The minimum atomic E-state index is 0.635. The number of aromatic nitrogens is 1. The van der Waals surface area contributed by atoms with Crippen LogP contribution >= 0.6 is 0 Å². The van der Waals surface area contributed by atoms with Crippen LogP contribution in [0.15, 0.2) is 18.3 Å². The predicted molar refractivity (Wildman–Crippen MR) is 74.3 cm³/mol. The molecule has 1 aromatic heterocycles. The average molecular weight is 244 g/mol. The Morgan fingerprint density at radius 2 is 2.28 bits per heavy atom. The summed E-state index contributed by atoms with van der Waals surface area (Å²) >= 11 is 0. The molecule has 1 aliphatic rings. The average Bonchev–Trinajstić information content (AvgIpc) is 2.99. The van der Waals surface area contributed by atoms with Crippen LogP contribution in [0.3, 0.4) is 0 Å². The second-order valence-electron chi connectivity index (χ2n) is 5.20. The maximum Gasteiger partial charge on any atom is 0.143 e. The highest BCUT2D eigenvalue weighted by Crippen LogP contribution is 2.30. The van der Waals surface area contributed by atoms with E-state index < -0.39 is 0 Å². The van der Waals surface area contributed by atoms with Crippen LogP contribution in [0.2, 0.25) is 0 Å². The highest BCUT2D eigenvalue weighted by molar-refractivity contribution is 5.89. The van der Waals surface area contributed by atoms with E-state index in [9.17, 15) is 0 Å². The van der Waals surface area contributed by atoms with Gasteiger partial charge in [-0.3, -0.25) is 0 Å². The number of ether oxygens (including phenoxy) is 1. The van der Waals surface area contributed by atoms with Crippen molar-refractivity contribution >= 4 is 10.9 Å². The molecule has 0 amide bonds. The second kappa shape index (κ2) is 4.65. The fourth-order valence-corrected chi connectivity index (χ4v) is 2.92. The van der Waals surface area contributed by atoms with Crippen LogP contribution in [-0.2, 0) is 6.42 Å². The number of aryl methyl sites for hydroxylation is 1. The van der Waals surface area contributed by atoms with Gasteiger partial charge in [-0.05, 0) is 56.0 Å². The normalized spacial score (nSPS) is 19.6. The molecule has 0 spiro atoms. The lowest BCUT2D eigenvalue weighted by Gasteiger charge is -2.09. The lowest BCUT2D eigenvalue weighted by molar-refractivity contribution is 0.418. The van der Waals surface area contributed by atoms with E-state index in [1.165, 1.54) is 29.4 Å². The Balaban J connectivity index is 1.99. The first-order valence-corrected chi connectivity index (χ1v) is 6.66. The number of H-pyrrole nitrogens is 1. The molecule has 2 N–H and O–H groups in total. The first kappa shape index (κ1) is 11.6. The quantitative estimate of drug-likeness (QED) is 0.871. The monoisotopic (exact) mass is 244 g/mol. The van der Waals surface area contributed by atoms with E-state index in [2.05, 4.69) is 35.6 Å². The van der Waals surface area contributed by atoms with E-state index in [-0.39, 0.29) is 0 Å². The van der Waals surface area contributed by atoms with E-state index in [0.717, 1.165) is 24.2 Å². The van der Waals surface area contributed by atoms with E-state index in [1.54, 1.807) is 7.11 Å². The standard InChI is InChI=1S/C15H20N2O/c1-10-6-13-11(8-12-4-3-5-16-12)9-17-15(13)14(7-10)18-2/h6-7,9,12,16-17H,3-5,8H2,1-2H3. The maximum atomic E-state index is 5.44. The summed E-state index contributed by atoms with van der Waals surface area (Å²) in [6.45, 7) is 3.28. The zero-order valence-electron chi connectivity index (χ0n) is 11.0. The molecule has 1 saturated heterocycles. The third kappa shape index (κ3) is 1.99. The van der Waals surface area contributed by atoms with E-state index in [0.29, 0.717) is 6.04 Å². The van der Waals surface area contributed by atoms with Gasteiger partial charge in [0.05, 0.1) is 12.6 Å². The van der Waals surface area contributed by atoms with Gasteiger partial charge in [-0.1, -0.05) is 0 Å². The first-order valence-electron chi connectivity index (χ1n) is 6.66. The summed E-state index contributed by atoms with van der Waals surface area (Å²) in [6, 6.07) is 4.96. The van der Waals surface area contributed by atoms with Crippen LogP contribution in [0, 0.1) is 6.92 Å². The Morgan fingerprint density at radius 3 is 3.00 bits per heavy atom. The van der Waals surface area contributed by atoms with Gasteiger partial charge < -0.3 is 15.0 Å². The van der Waals surface area contributed by atoms with Crippen molar-refractivity contribution in [3.8, 4) is 5.75 Å². The minimum Gasteiger partial charge on any atom is -0.495 e. The van der Waals surface area contributed by atoms with Crippen LogP contribution in [0.25, 0.3) is 10.9 Å². The minimum absolute atomic E-state index is 0.635. The van der Waals surface area contributed by atoms with Gasteiger partial charge in [-0.15, -0.1) is 0 Å². The van der Waals surface area contributed by atoms with Crippen LogP contribution in [0.5, 0.6) is 5.75 Å². The van der Waals surface area contributed by atoms with Gasteiger partial charge in [-0.25, -0.2) is 0 Å². The predicted octanol–water partition coefficient (Wildman–Crippen LogP) is 2.78. The second-order valence-corrected chi connectivity index (χ2v) is 5.20. The molecule has 0 aliphatic carbocycles. The van der Waals surface area contributed by atoms with Crippen LogP contribution in [-0.4, -0.2) is 24.7 Å². The van der Waals surface area contributed by atoms with Crippen molar-refractivity contribution in [3.05, 3.63) is 29.5 Å². The number of fused-ring (bicyclic) bond motifs is 1. The molecular weight excluding hydrogens is 224 g/mol. The summed E-state index contributed by atoms with van der Waals surface area (Å²) in [5.74, 6) is 0.940. The van der Waals surface area contributed by atoms with Gasteiger partial charge in [-0.2, -0.15) is 0 Å². The molecule has 1 atom stereocenters. The number of aromatic amines is 1. The lowest BCUT2D eigenvalue weighted by Crippen LogP contribution is -2.23. The van der Waals surface area contributed by atoms with Gasteiger partial charge in [0.15, 0.2) is 0 Å². The van der Waals surface area contributed by atoms with Gasteiger partial charge in [0.2, 0.25) is 0 Å². The molecule has 0 bridgehead atoms. The van der Waals surface area contributed by atoms with Crippen molar-refractivity contribution in [3.63, 3.8) is 0 Å². The number of benzene rings is 1. The highest BCUT2D eigenvalue weighted by atomic mass is 16.5. The van der Waals surface area contributed by atoms with E-state index in [4.69, 9.17) is 4.74 Å². The fourth-order valence-electron chi connectivity index (χ4n) is 2.92. The summed E-state index contributed by atoms with van der Waals surface area (Å²) in [6.07, 6.45) is 5.82. The molecule has 3 rings (SSSR count). The molecule has 0 saturated carbocycles. The van der Waals surface area contributed by atoms with Crippen molar-refractivity contribution in [2.45, 2.75) is 32.2 Å². The molecule has 0 radical (unpaired) electrons. The largest absolute Gasteiger partial charge is 0.495 e. The smallest absolute Gasteiger partial charge is 0.143 e. The number of nitrogens with one attached hydrogen (secondary N) is 2. The van der Waals surface area contributed by atoms with E-state index >= 15 is 0 Å². The molecule has 1 aliphatic heterocycles. The summed E-state index contributed by atoms with van der Waals surface area (Å²) in [7, 11) is 1.73.